The van der Waals surface area contributed by atoms with Crippen LogP contribution in [0.4, 0.5) is 0 Å². The zero-order chi connectivity index (χ0) is 13.2. The van der Waals surface area contributed by atoms with E-state index in [1.165, 1.54) is 0 Å². The third-order valence-electron chi connectivity index (χ3n) is 3.34. The summed E-state index contributed by atoms with van der Waals surface area (Å²) in [5.41, 5.74) is 1.80. The van der Waals surface area contributed by atoms with Gasteiger partial charge in [-0.15, -0.1) is 0 Å². The Bertz CT molecular complexity index is 700. The minimum Gasteiger partial charge on any atom is -0.388 e. The van der Waals surface area contributed by atoms with Gasteiger partial charge in [0.25, 0.3) is 0 Å². The van der Waals surface area contributed by atoms with E-state index in [0.717, 1.165) is 22.3 Å². The molecule has 96 valence electrons. The number of pyridine rings is 1. The third kappa shape index (κ3) is 2.22. The van der Waals surface area contributed by atoms with Gasteiger partial charge in [-0.3, -0.25) is 4.98 Å². The highest BCUT2D eigenvalue weighted by atomic mass is 16.3. The van der Waals surface area contributed by atoms with Gasteiger partial charge in [0.1, 0.15) is 5.82 Å². The number of fused-ring (bicyclic) bond motifs is 1. The van der Waals surface area contributed by atoms with Crippen molar-refractivity contribution in [2.45, 2.75) is 12.5 Å². The highest BCUT2D eigenvalue weighted by molar-refractivity contribution is 5.82. The molecule has 0 aliphatic rings. The number of benzene rings is 1. The number of hydrogen-bond donors (Lipinski definition) is 1. The molecular formula is C15H15N3O. The molecular weight excluding hydrogens is 238 g/mol. The zero-order valence-corrected chi connectivity index (χ0v) is 10.7. The van der Waals surface area contributed by atoms with Crippen LogP contribution in [0.25, 0.3) is 10.9 Å². The van der Waals surface area contributed by atoms with E-state index in [1.54, 1.807) is 12.4 Å². The summed E-state index contributed by atoms with van der Waals surface area (Å²) >= 11 is 0. The molecule has 1 N–H and O–H groups in total. The number of aromatic nitrogens is 3. The molecule has 1 aromatic carbocycles. The van der Waals surface area contributed by atoms with Crippen molar-refractivity contribution in [3.05, 3.63) is 60.3 Å². The predicted octanol–water partition coefficient (Wildman–Crippen LogP) is 2.24. The molecule has 2 heterocycles. The lowest BCUT2D eigenvalue weighted by atomic mass is 10.0. The van der Waals surface area contributed by atoms with Crippen molar-refractivity contribution in [3.63, 3.8) is 0 Å². The van der Waals surface area contributed by atoms with Crippen molar-refractivity contribution in [2.75, 3.05) is 0 Å². The van der Waals surface area contributed by atoms with Crippen molar-refractivity contribution in [1.29, 1.82) is 0 Å². The first kappa shape index (κ1) is 11.9. The molecule has 0 saturated heterocycles. The summed E-state index contributed by atoms with van der Waals surface area (Å²) < 4.78 is 1.92. The molecule has 0 aliphatic carbocycles. The van der Waals surface area contributed by atoms with Crippen LogP contribution in [0.5, 0.6) is 0 Å². The minimum atomic E-state index is -0.575. The van der Waals surface area contributed by atoms with E-state index in [1.807, 2.05) is 48.1 Å². The Morgan fingerprint density at radius 1 is 1.16 bits per heavy atom. The molecule has 0 radical (unpaired) electrons. The van der Waals surface area contributed by atoms with Crippen molar-refractivity contribution in [3.8, 4) is 0 Å². The zero-order valence-electron chi connectivity index (χ0n) is 10.7. The molecule has 1 atom stereocenters. The molecule has 2 aromatic heterocycles. The van der Waals surface area contributed by atoms with E-state index in [2.05, 4.69) is 9.97 Å². The average molecular weight is 253 g/mol. The number of aliphatic hydroxyl groups excluding tert-OH is 1. The van der Waals surface area contributed by atoms with Gasteiger partial charge in [-0.1, -0.05) is 18.2 Å². The van der Waals surface area contributed by atoms with Gasteiger partial charge >= 0.3 is 0 Å². The Hall–Kier alpha value is -2.20. The van der Waals surface area contributed by atoms with Crippen LogP contribution < -0.4 is 0 Å². The van der Waals surface area contributed by atoms with Crippen LogP contribution in [0.1, 0.15) is 17.5 Å². The number of nitrogens with zero attached hydrogens (tertiary/aromatic N) is 3. The van der Waals surface area contributed by atoms with Crippen molar-refractivity contribution in [1.82, 2.24) is 14.5 Å². The number of aryl methyl sites for hydroxylation is 1. The predicted molar refractivity (Wildman–Crippen MR) is 73.6 cm³/mol. The Kier molecular flexibility index (Phi) is 3.01. The third-order valence-corrected chi connectivity index (χ3v) is 3.34. The summed E-state index contributed by atoms with van der Waals surface area (Å²) in [6, 6.07) is 9.69. The Morgan fingerprint density at radius 3 is 2.84 bits per heavy atom. The summed E-state index contributed by atoms with van der Waals surface area (Å²) in [5, 5.41) is 11.4. The van der Waals surface area contributed by atoms with E-state index in [0.29, 0.717) is 6.42 Å². The normalized spacial score (nSPS) is 12.7. The maximum Gasteiger partial charge on any atom is 0.111 e. The van der Waals surface area contributed by atoms with E-state index in [-0.39, 0.29) is 0 Å². The topological polar surface area (TPSA) is 50.9 Å². The summed E-state index contributed by atoms with van der Waals surface area (Å²) in [5.74, 6) is 0.869. The Labute approximate surface area is 111 Å². The molecule has 0 aliphatic heterocycles. The first-order valence-corrected chi connectivity index (χ1v) is 6.23. The molecule has 3 aromatic rings. The van der Waals surface area contributed by atoms with Gasteiger partial charge in [-0.2, -0.15) is 0 Å². The Morgan fingerprint density at radius 2 is 2.05 bits per heavy atom. The largest absolute Gasteiger partial charge is 0.388 e. The van der Waals surface area contributed by atoms with Crippen molar-refractivity contribution in [2.24, 2.45) is 7.05 Å². The standard InChI is InChI=1S/C15H15N3O/c1-18-9-8-17-15(18)10-14(19)12-4-2-6-13-11(12)5-3-7-16-13/h2-9,14,19H,10H2,1H3. The Balaban J connectivity index is 1.98. The summed E-state index contributed by atoms with van der Waals surface area (Å²) in [6.07, 6.45) is 5.31. The van der Waals surface area contributed by atoms with Gasteiger partial charge in [0.15, 0.2) is 0 Å². The molecule has 19 heavy (non-hydrogen) atoms. The summed E-state index contributed by atoms with van der Waals surface area (Å²) in [4.78, 5) is 8.56. The SMILES string of the molecule is Cn1ccnc1CC(O)c1cccc2ncccc12. The van der Waals surface area contributed by atoms with E-state index >= 15 is 0 Å². The minimum absolute atomic E-state index is 0.498. The van der Waals surface area contributed by atoms with Crippen molar-refractivity contribution >= 4 is 10.9 Å². The van der Waals surface area contributed by atoms with Crippen LogP contribution in [-0.4, -0.2) is 19.6 Å². The van der Waals surface area contributed by atoms with E-state index < -0.39 is 6.10 Å². The fraction of sp³-hybridized carbons (Fsp3) is 0.200. The smallest absolute Gasteiger partial charge is 0.111 e. The molecule has 3 rings (SSSR count). The second kappa shape index (κ2) is 4.82. The maximum absolute atomic E-state index is 10.4. The lowest BCUT2D eigenvalue weighted by Gasteiger charge is -2.13. The molecule has 4 heteroatoms. The van der Waals surface area contributed by atoms with Crippen LogP contribution >= 0.6 is 0 Å². The number of aliphatic hydroxyl groups is 1. The maximum atomic E-state index is 10.4. The highest BCUT2D eigenvalue weighted by Crippen LogP contribution is 2.25. The second-order valence-corrected chi connectivity index (χ2v) is 4.59. The summed E-state index contributed by atoms with van der Waals surface area (Å²) in [6.45, 7) is 0. The molecule has 0 spiro atoms. The molecule has 0 amide bonds. The average Bonchev–Trinajstić information content (AvgIpc) is 2.83. The number of rotatable bonds is 3. The lowest BCUT2D eigenvalue weighted by molar-refractivity contribution is 0.176. The molecule has 0 fully saturated rings. The number of hydrogen-bond acceptors (Lipinski definition) is 3. The van der Waals surface area contributed by atoms with E-state index in [4.69, 9.17) is 0 Å². The highest BCUT2D eigenvalue weighted by Gasteiger charge is 2.14. The van der Waals surface area contributed by atoms with Gasteiger partial charge in [-0.05, 0) is 17.7 Å². The van der Waals surface area contributed by atoms with Crippen LogP contribution in [0.2, 0.25) is 0 Å². The molecule has 1 unspecified atom stereocenters. The first-order chi connectivity index (χ1) is 9.25. The van der Waals surface area contributed by atoms with Gasteiger partial charge in [0.05, 0.1) is 11.6 Å². The second-order valence-electron chi connectivity index (χ2n) is 4.59. The molecule has 0 saturated carbocycles. The molecule has 0 bridgehead atoms. The summed E-state index contributed by atoms with van der Waals surface area (Å²) in [7, 11) is 1.93. The van der Waals surface area contributed by atoms with Crippen molar-refractivity contribution < 1.29 is 5.11 Å². The van der Waals surface area contributed by atoms with Gasteiger partial charge in [0.2, 0.25) is 0 Å². The monoisotopic (exact) mass is 253 g/mol. The van der Waals surface area contributed by atoms with Gasteiger partial charge in [-0.25, -0.2) is 4.98 Å². The lowest BCUT2D eigenvalue weighted by Crippen LogP contribution is -2.07. The number of imidazole rings is 1. The first-order valence-electron chi connectivity index (χ1n) is 6.23. The van der Waals surface area contributed by atoms with Crippen LogP contribution in [-0.2, 0) is 13.5 Å². The van der Waals surface area contributed by atoms with Crippen LogP contribution in [0, 0.1) is 0 Å². The molecule has 4 nitrogen and oxygen atoms in total. The quantitative estimate of drug-likeness (QED) is 0.779. The van der Waals surface area contributed by atoms with Gasteiger partial charge < -0.3 is 9.67 Å². The van der Waals surface area contributed by atoms with Crippen LogP contribution in [0.15, 0.2) is 48.9 Å². The fourth-order valence-corrected chi connectivity index (χ4v) is 2.29. The van der Waals surface area contributed by atoms with Gasteiger partial charge in [0, 0.05) is 37.4 Å². The van der Waals surface area contributed by atoms with Crippen LogP contribution in [0.3, 0.4) is 0 Å². The van der Waals surface area contributed by atoms with E-state index in [9.17, 15) is 5.11 Å². The fourth-order valence-electron chi connectivity index (χ4n) is 2.29.